The second-order valence-corrected chi connectivity index (χ2v) is 8.33. The highest BCUT2D eigenvalue weighted by atomic mass is 32.2. The summed E-state index contributed by atoms with van der Waals surface area (Å²) in [4.78, 5) is 12.2. The number of thioether (sulfide) groups is 1. The van der Waals surface area contributed by atoms with Gasteiger partial charge in [0.1, 0.15) is 0 Å². The van der Waals surface area contributed by atoms with Crippen LogP contribution in [0.4, 0.5) is 0 Å². The Morgan fingerprint density at radius 1 is 0.900 bits per heavy atom. The number of aliphatic carboxylic acids is 1. The Morgan fingerprint density at radius 2 is 1.67 bits per heavy atom. The number of fused-ring (bicyclic) bond motifs is 1. The number of carboxylic acid groups (broad SMARTS) is 1. The number of rotatable bonds is 8. The molecule has 3 aromatic carbocycles. The van der Waals surface area contributed by atoms with E-state index in [-0.39, 0.29) is 6.42 Å². The fraction of sp³-hybridized carbons (Fsp3) is 0.192. The quantitative estimate of drug-likeness (QED) is 0.351. The maximum atomic E-state index is 11.0. The Hall–Kier alpha value is -2.98. The molecule has 1 N–H and O–H groups in total. The molecule has 0 spiro atoms. The lowest BCUT2D eigenvalue weighted by atomic mass is 10.0. The summed E-state index contributed by atoms with van der Waals surface area (Å²) in [6, 6.07) is 25.5. The van der Waals surface area contributed by atoms with Crippen LogP contribution in [0, 0.1) is 0 Å². The van der Waals surface area contributed by atoms with E-state index in [1.807, 2.05) is 6.07 Å². The van der Waals surface area contributed by atoms with E-state index in [0.717, 1.165) is 29.6 Å². The maximum Gasteiger partial charge on any atom is 0.303 e. The summed E-state index contributed by atoms with van der Waals surface area (Å²) in [5, 5.41) is 10.3. The van der Waals surface area contributed by atoms with E-state index >= 15 is 0 Å². The average Bonchev–Trinajstić information content (AvgIpc) is 3.15. The molecule has 0 radical (unpaired) electrons. The molecule has 4 rings (SSSR count). The van der Waals surface area contributed by atoms with Crippen LogP contribution in [0.15, 0.2) is 83.9 Å². The molecule has 1 heterocycles. The monoisotopic (exact) mass is 415 g/mol. The van der Waals surface area contributed by atoms with Gasteiger partial charge in [-0.05, 0) is 78.6 Å². The fourth-order valence-corrected chi connectivity index (χ4v) is 4.24. The van der Waals surface area contributed by atoms with Crippen molar-refractivity contribution in [3.63, 3.8) is 0 Å². The molecule has 0 aliphatic rings. The molecule has 3 nitrogen and oxygen atoms in total. The third-order valence-electron chi connectivity index (χ3n) is 5.46. The highest BCUT2D eigenvalue weighted by Gasteiger charge is 2.12. The van der Waals surface area contributed by atoms with Crippen LogP contribution in [0.5, 0.6) is 0 Å². The lowest BCUT2D eigenvalue weighted by Crippen LogP contribution is -1.97. The molecule has 1 aromatic heterocycles. The van der Waals surface area contributed by atoms with E-state index < -0.39 is 5.97 Å². The van der Waals surface area contributed by atoms with Crippen LogP contribution < -0.4 is 0 Å². The molecule has 0 unspecified atom stereocenters. The van der Waals surface area contributed by atoms with Crippen LogP contribution in [0.2, 0.25) is 0 Å². The van der Waals surface area contributed by atoms with Gasteiger partial charge < -0.3 is 9.67 Å². The van der Waals surface area contributed by atoms with Crippen molar-refractivity contribution in [2.75, 3.05) is 6.26 Å². The van der Waals surface area contributed by atoms with Crippen molar-refractivity contribution in [2.45, 2.75) is 30.6 Å². The second-order valence-electron chi connectivity index (χ2n) is 7.45. The molecule has 4 aromatic rings. The van der Waals surface area contributed by atoms with Gasteiger partial charge in [0.2, 0.25) is 0 Å². The predicted octanol–water partition coefficient (Wildman–Crippen LogP) is 6.15. The number of carbonyl (C=O) groups is 1. The van der Waals surface area contributed by atoms with Gasteiger partial charge in [-0.25, -0.2) is 0 Å². The Balaban J connectivity index is 1.72. The van der Waals surface area contributed by atoms with Crippen LogP contribution in [0.3, 0.4) is 0 Å². The zero-order chi connectivity index (χ0) is 20.9. The van der Waals surface area contributed by atoms with Gasteiger partial charge >= 0.3 is 5.97 Å². The lowest BCUT2D eigenvalue weighted by molar-refractivity contribution is -0.136. The van der Waals surface area contributed by atoms with Crippen molar-refractivity contribution in [1.82, 2.24) is 4.57 Å². The molecule has 0 atom stereocenters. The molecule has 0 saturated heterocycles. The number of aromatic nitrogens is 1. The number of carboxylic acids is 1. The maximum absolute atomic E-state index is 11.0. The molecule has 152 valence electrons. The van der Waals surface area contributed by atoms with Crippen LogP contribution >= 0.6 is 11.8 Å². The second kappa shape index (κ2) is 9.23. The molecule has 30 heavy (non-hydrogen) atoms. The van der Waals surface area contributed by atoms with Gasteiger partial charge in [0.05, 0.1) is 5.52 Å². The molecule has 0 bridgehead atoms. The third-order valence-corrected chi connectivity index (χ3v) is 6.20. The molecular formula is C26H25NO2S. The predicted molar refractivity (Wildman–Crippen MR) is 125 cm³/mol. The standard InChI is InChI=1S/C26H25NO2S/c1-30-23-13-11-22(12-14-23)27-18-21(10-7-19-5-3-2-4-6-19)24-17-20(8-15-25(24)27)9-16-26(28)29/h2-6,8,11-15,17-18H,7,9-10,16H2,1H3,(H,28,29). The van der Waals surface area contributed by atoms with Gasteiger partial charge in [0.15, 0.2) is 0 Å². The van der Waals surface area contributed by atoms with Crippen LogP contribution in [-0.4, -0.2) is 21.9 Å². The van der Waals surface area contributed by atoms with Crippen LogP contribution in [0.1, 0.15) is 23.1 Å². The first-order chi connectivity index (χ1) is 14.6. The van der Waals surface area contributed by atoms with Crippen molar-refractivity contribution in [3.8, 4) is 5.69 Å². The van der Waals surface area contributed by atoms with Crippen molar-refractivity contribution in [3.05, 3.63) is 95.7 Å². The Bertz CT molecular complexity index is 1150. The number of aryl methyl sites for hydroxylation is 3. The van der Waals surface area contributed by atoms with Gasteiger partial charge in [-0.3, -0.25) is 4.79 Å². The Labute approximate surface area is 181 Å². The fourth-order valence-electron chi connectivity index (χ4n) is 3.83. The summed E-state index contributed by atoms with van der Waals surface area (Å²) < 4.78 is 2.25. The van der Waals surface area contributed by atoms with E-state index in [9.17, 15) is 4.79 Å². The van der Waals surface area contributed by atoms with Gasteiger partial charge in [-0.1, -0.05) is 36.4 Å². The summed E-state index contributed by atoms with van der Waals surface area (Å²) in [6.07, 6.45) is 6.95. The van der Waals surface area contributed by atoms with Crippen LogP contribution in [0.25, 0.3) is 16.6 Å². The highest BCUT2D eigenvalue weighted by Crippen LogP contribution is 2.28. The normalized spacial score (nSPS) is 11.1. The number of nitrogens with zero attached hydrogens (tertiary/aromatic N) is 1. The summed E-state index contributed by atoms with van der Waals surface area (Å²) >= 11 is 1.74. The first-order valence-electron chi connectivity index (χ1n) is 10.2. The van der Waals surface area contributed by atoms with Gasteiger partial charge in [0.25, 0.3) is 0 Å². The van der Waals surface area contributed by atoms with Crippen molar-refractivity contribution in [2.24, 2.45) is 0 Å². The summed E-state index contributed by atoms with van der Waals surface area (Å²) in [6.45, 7) is 0. The van der Waals surface area contributed by atoms with E-state index in [2.05, 4.69) is 83.7 Å². The summed E-state index contributed by atoms with van der Waals surface area (Å²) in [5.41, 5.74) is 5.99. The minimum atomic E-state index is -0.758. The van der Waals surface area contributed by atoms with E-state index in [1.165, 1.54) is 21.4 Å². The van der Waals surface area contributed by atoms with E-state index in [4.69, 9.17) is 5.11 Å². The van der Waals surface area contributed by atoms with Crippen LogP contribution in [-0.2, 0) is 24.1 Å². The smallest absolute Gasteiger partial charge is 0.303 e. The molecule has 4 heteroatoms. The Morgan fingerprint density at radius 3 is 2.37 bits per heavy atom. The van der Waals surface area contributed by atoms with E-state index in [1.54, 1.807) is 11.8 Å². The lowest BCUT2D eigenvalue weighted by Gasteiger charge is -2.07. The molecule has 0 fully saturated rings. The topological polar surface area (TPSA) is 42.2 Å². The van der Waals surface area contributed by atoms with Crippen molar-refractivity contribution in [1.29, 1.82) is 0 Å². The van der Waals surface area contributed by atoms with Gasteiger partial charge in [-0.15, -0.1) is 11.8 Å². The molecule has 0 aliphatic heterocycles. The van der Waals surface area contributed by atoms with Gasteiger partial charge in [-0.2, -0.15) is 0 Å². The Kier molecular flexibility index (Phi) is 6.24. The molecule has 0 aliphatic carbocycles. The van der Waals surface area contributed by atoms with Crippen molar-refractivity contribution >= 4 is 28.6 Å². The van der Waals surface area contributed by atoms with E-state index in [0.29, 0.717) is 6.42 Å². The number of benzene rings is 3. The first-order valence-corrected chi connectivity index (χ1v) is 11.4. The molecule has 0 amide bonds. The zero-order valence-electron chi connectivity index (χ0n) is 17.0. The number of hydrogen-bond donors (Lipinski definition) is 1. The largest absolute Gasteiger partial charge is 0.481 e. The SMILES string of the molecule is CSc1ccc(-n2cc(CCc3ccccc3)c3cc(CCC(=O)O)ccc32)cc1. The highest BCUT2D eigenvalue weighted by molar-refractivity contribution is 7.98. The zero-order valence-corrected chi connectivity index (χ0v) is 17.9. The minimum absolute atomic E-state index is 0.154. The average molecular weight is 416 g/mol. The third kappa shape index (κ3) is 4.60. The van der Waals surface area contributed by atoms with Crippen molar-refractivity contribution < 1.29 is 9.90 Å². The summed E-state index contributed by atoms with van der Waals surface area (Å²) in [5.74, 6) is -0.758. The first kappa shape index (κ1) is 20.3. The molecule has 0 saturated carbocycles. The van der Waals surface area contributed by atoms with Gasteiger partial charge in [0, 0.05) is 28.6 Å². The molecular weight excluding hydrogens is 390 g/mol. The number of hydrogen-bond acceptors (Lipinski definition) is 2. The summed E-state index contributed by atoms with van der Waals surface area (Å²) in [7, 11) is 0. The minimum Gasteiger partial charge on any atom is -0.481 e.